The van der Waals surface area contributed by atoms with E-state index in [-0.39, 0.29) is 12.5 Å². The minimum Gasteiger partial charge on any atom is -0.395 e. The number of thiophene rings is 1. The largest absolute Gasteiger partial charge is 0.395 e. The van der Waals surface area contributed by atoms with Gasteiger partial charge < -0.3 is 10.4 Å². The Kier molecular flexibility index (Phi) is 3.38. The first kappa shape index (κ1) is 10.6. The zero-order valence-corrected chi connectivity index (χ0v) is 9.40. The molecule has 0 saturated heterocycles. The maximum Gasteiger partial charge on any atom is 0.252 e. The zero-order chi connectivity index (χ0) is 10.7. The number of aliphatic hydroxyl groups is 1. The van der Waals surface area contributed by atoms with Gasteiger partial charge in [-0.25, -0.2) is 0 Å². The molecule has 2 N–H and O–H groups in total. The highest BCUT2D eigenvalue weighted by atomic mass is 32.1. The van der Waals surface area contributed by atoms with Crippen molar-refractivity contribution in [3.8, 4) is 0 Å². The van der Waals surface area contributed by atoms with Crippen LogP contribution in [-0.4, -0.2) is 24.2 Å². The average molecular weight is 225 g/mol. The molecule has 1 heterocycles. The predicted molar refractivity (Wildman–Crippen MR) is 60.4 cm³/mol. The highest BCUT2D eigenvalue weighted by molar-refractivity contribution is 7.10. The van der Waals surface area contributed by atoms with Gasteiger partial charge in [-0.15, -0.1) is 11.3 Å². The van der Waals surface area contributed by atoms with Gasteiger partial charge in [-0.2, -0.15) is 0 Å². The first-order chi connectivity index (χ1) is 7.33. The van der Waals surface area contributed by atoms with E-state index in [2.05, 4.69) is 5.32 Å². The minimum atomic E-state index is -0.0385. The highest BCUT2D eigenvalue weighted by Crippen LogP contribution is 2.29. The van der Waals surface area contributed by atoms with Crippen molar-refractivity contribution in [3.05, 3.63) is 21.4 Å². The lowest BCUT2D eigenvalue weighted by Gasteiger charge is -2.12. The lowest BCUT2D eigenvalue weighted by molar-refractivity contribution is 0.0944. The maximum absolute atomic E-state index is 11.7. The van der Waals surface area contributed by atoms with E-state index in [1.54, 1.807) is 11.3 Å². The van der Waals surface area contributed by atoms with Gasteiger partial charge in [-0.05, 0) is 31.2 Å². The summed E-state index contributed by atoms with van der Waals surface area (Å²) in [5, 5.41) is 13.3. The van der Waals surface area contributed by atoms with Gasteiger partial charge in [0.1, 0.15) is 0 Å². The fourth-order valence-electron chi connectivity index (χ4n) is 1.95. The van der Waals surface area contributed by atoms with Crippen molar-refractivity contribution in [2.75, 3.05) is 13.2 Å². The molecule has 1 aromatic heterocycles. The number of aliphatic hydroxyl groups excluding tert-OH is 1. The molecular formula is C11H15NO2S. The van der Waals surface area contributed by atoms with Crippen LogP contribution in [0.1, 0.15) is 33.6 Å². The van der Waals surface area contributed by atoms with Gasteiger partial charge in [0, 0.05) is 16.8 Å². The number of hydrogen-bond acceptors (Lipinski definition) is 3. The van der Waals surface area contributed by atoms with Crippen LogP contribution in [0.15, 0.2) is 5.38 Å². The summed E-state index contributed by atoms with van der Waals surface area (Å²) in [5.74, 6) is -0.0385. The van der Waals surface area contributed by atoms with E-state index in [0.29, 0.717) is 6.54 Å². The summed E-state index contributed by atoms with van der Waals surface area (Å²) >= 11 is 1.69. The Bertz CT molecular complexity index is 359. The van der Waals surface area contributed by atoms with Gasteiger partial charge >= 0.3 is 0 Å². The molecule has 0 spiro atoms. The number of carbonyl (C=O) groups excluding carboxylic acids is 1. The molecule has 1 aromatic rings. The molecule has 2 rings (SSSR count). The van der Waals surface area contributed by atoms with E-state index in [0.717, 1.165) is 18.4 Å². The van der Waals surface area contributed by atoms with Crippen LogP contribution in [-0.2, 0) is 12.8 Å². The Morgan fingerprint density at radius 3 is 3.07 bits per heavy atom. The van der Waals surface area contributed by atoms with Crippen LogP contribution in [0, 0.1) is 0 Å². The number of amides is 1. The smallest absolute Gasteiger partial charge is 0.252 e. The summed E-state index contributed by atoms with van der Waals surface area (Å²) in [6.45, 7) is 0.335. The van der Waals surface area contributed by atoms with Gasteiger partial charge in [0.25, 0.3) is 5.91 Å². The van der Waals surface area contributed by atoms with E-state index in [1.165, 1.54) is 23.3 Å². The number of hydrogen-bond donors (Lipinski definition) is 2. The second-order valence-corrected chi connectivity index (χ2v) is 4.70. The van der Waals surface area contributed by atoms with Crippen LogP contribution >= 0.6 is 11.3 Å². The average Bonchev–Trinajstić information content (AvgIpc) is 2.69. The molecule has 3 nitrogen and oxygen atoms in total. The van der Waals surface area contributed by atoms with Gasteiger partial charge in [0.2, 0.25) is 0 Å². The molecule has 1 amide bonds. The molecule has 0 bridgehead atoms. The molecule has 0 unspecified atom stereocenters. The lowest BCUT2D eigenvalue weighted by Crippen LogP contribution is -2.27. The molecule has 82 valence electrons. The molecule has 0 fully saturated rings. The molecule has 0 atom stereocenters. The summed E-state index contributed by atoms with van der Waals surface area (Å²) in [6.07, 6.45) is 4.57. The van der Waals surface area contributed by atoms with Crippen molar-refractivity contribution in [1.29, 1.82) is 0 Å². The Balaban J connectivity index is 2.14. The Labute approximate surface area is 93.1 Å². The van der Waals surface area contributed by atoms with E-state index < -0.39 is 0 Å². The Morgan fingerprint density at radius 2 is 2.27 bits per heavy atom. The molecule has 1 aliphatic carbocycles. The van der Waals surface area contributed by atoms with E-state index in [1.807, 2.05) is 5.38 Å². The predicted octanol–water partition coefficient (Wildman–Crippen LogP) is 1.35. The van der Waals surface area contributed by atoms with Crippen LogP contribution in [0.4, 0.5) is 0 Å². The first-order valence-corrected chi connectivity index (χ1v) is 6.19. The molecule has 1 aliphatic rings. The third-order valence-electron chi connectivity index (χ3n) is 2.70. The lowest BCUT2D eigenvalue weighted by atomic mass is 9.96. The van der Waals surface area contributed by atoms with E-state index in [4.69, 9.17) is 5.11 Å². The number of nitrogens with one attached hydrogen (secondary N) is 1. The van der Waals surface area contributed by atoms with Gasteiger partial charge in [0.15, 0.2) is 0 Å². The fourth-order valence-corrected chi connectivity index (χ4v) is 3.07. The van der Waals surface area contributed by atoms with Crippen LogP contribution in [0.25, 0.3) is 0 Å². The third kappa shape index (κ3) is 2.21. The summed E-state index contributed by atoms with van der Waals surface area (Å²) in [7, 11) is 0. The Hall–Kier alpha value is -0.870. The Morgan fingerprint density at radius 1 is 1.47 bits per heavy atom. The highest BCUT2D eigenvalue weighted by Gasteiger charge is 2.19. The summed E-state index contributed by atoms with van der Waals surface area (Å²) in [4.78, 5) is 13.1. The summed E-state index contributed by atoms with van der Waals surface area (Å²) < 4.78 is 0. The van der Waals surface area contributed by atoms with Crippen molar-refractivity contribution in [2.45, 2.75) is 25.7 Å². The quantitative estimate of drug-likeness (QED) is 0.815. The standard InChI is InChI=1S/C11H15NO2S/c13-6-5-12-11(14)9-7-15-10-4-2-1-3-8(9)10/h7,13H,1-6H2,(H,12,14). The van der Waals surface area contributed by atoms with Gasteiger partial charge in [0.05, 0.1) is 12.2 Å². The number of aryl methyl sites for hydroxylation is 1. The van der Waals surface area contributed by atoms with Gasteiger partial charge in [-0.3, -0.25) is 4.79 Å². The van der Waals surface area contributed by atoms with Crippen LogP contribution in [0.5, 0.6) is 0 Å². The molecule has 0 saturated carbocycles. The summed E-state index contributed by atoms with van der Waals surface area (Å²) in [5.41, 5.74) is 2.06. The number of rotatable bonds is 3. The first-order valence-electron chi connectivity index (χ1n) is 5.31. The SMILES string of the molecule is O=C(NCCO)c1csc2c1CCCC2. The third-order valence-corrected chi connectivity index (χ3v) is 3.79. The van der Waals surface area contributed by atoms with Crippen molar-refractivity contribution < 1.29 is 9.90 Å². The minimum absolute atomic E-state index is 0.00192. The molecule has 0 aliphatic heterocycles. The maximum atomic E-state index is 11.7. The fraction of sp³-hybridized carbons (Fsp3) is 0.545. The van der Waals surface area contributed by atoms with Crippen LogP contribution in [0.2, 0.25) is 0 Å². The number of fused-ring (bicyclic) bond motifs is 1. The normalized spacial score (nSPS) is 14.7. The molecular weight excluding hydrogens is 210 g/mol. The van der Waals surface area contributed by atoms with Crippen molar-refractivity contribution in [2.24, 2.45) is 0 Å². The van der Waals surface area contributed by atoms with Crippen molar-refractivity contribution in [3.63, 3.8) is 0 Å². The van der Waals surface area contributed by atoms with E-state index in [9.17, 15) is 4.79 Å². The van der Waals surface area contributed by atoms with Crippen LogP contribution in [0.3, 0.4) is 0 Å². The molecule has 0 aromatic carbocycles. The monoisotopic (exact) mass is 225 g/mol. The topological polar surface area (TPSA) is 49.3 Å². The van der Waals surface area contributed by atoms with Crippen molar-refractivity contribution >= 4 is 17.2 Å². The number of carbonyl (C=O) groups is 1. The van der Waals surface area contributed by atoms with Crippen molar-refractivity contribution in [1.82, 2.24) is 5.32 Å². The van der Waals surface area contributed by atoms with Crippen LogP contribution < -0.4 is 5.32 Å². The molecule has 15 heavy (non-hydrogen) atoms. The second kappa shape index (κ2) is 4.77. The molecule has 4 heteroatoms. The molecule has 0 radical (unpaired) electrons. The zero-order valence-electron chi connectivity index (χ0n) is 8.58. The van der Waals surface area contributed by atoms with Gasteiger partial charge in [-0.1, -0.05) is 0 Å². The summed E-state index contributed by atoms with van der Waals surface area (Å²) in [6, 6.07) is 0. The van der Waals surface area contributed by atoms with E-state index >= 15 is 0 Å². The second-order valence-electron chi connectivity index (χ2n) is 3.74.